The standard InChI is InChI=1S/C32H49NOS/c1-5-23-21-26-28-17-16-24(15-14-22(2)30(34)33-35-25-11-7-6-8-12-25)31(28,3)20-18-29(26)32(4)19-10-9-13-27(23)32/h6-8,11-12,22-24,26-29H,5,9-10,13-21H2,1-4H3,(H,33,34)/t22?,23-,24?,26?,27?,28?,29?,31?,32?/m0/s1. The minimum Gasteiger partial charge on any atom is -0.296 e. The minimum atomic E-state index is 0.0891. The van der Waals surface area contributed by atoms with E-state index in [0.717, 1.165) is 46.8 Å². The van der Waals surface area contributed by atoms with Crippen LogP contribution in [-0.2, 0) is 4.79 Å². The molecule has 35 heavy (non-hydrogen) atoms. The molecule has 0 bridgehead atoms. The molecule has 0 aromatic heterocycles. The largest absolute Gasteiger partial charge is 0.296 e. The van der Waals surface area contributed by atoms with Crippen molar-refractivity contribution in [3.8, 4) is 0 Å². The predicted octanol–water partition coefficient (Wildman–Crippen LogP) is 8.91. The molecule has 5 rings (SSSR count). The van der Waals surface area contributed by atoms with Gasteiger partial charge >= 0.3 is 0 Å². The lowest BCUT2D eigenvalue weighted by Crippen LogP contribution is -2.55. The molecular formula is C32H49NOS. The molecule has 8 unspecified atom stereocenters. The zero-order valence-electron chi connectivity index (χ0n) is 22.7. The smallest absolute Gasteiger partial charge is 0.232 e. The number of carbonyl (C=O) groups excluding carboxylic acids is 1. The molecule has 0 radical (unpaired) electrons. The Morgan fingerprint density at radius 1 is 1.00 bits per heavy atom. The maximum absolute atomic E-state index is 12.8. The van der Waals surface area contributed by atoms with Gasteiger partial charge in [0.2, 0.25) is 5.91 Å². The number of hydrogen-bond donors (Lipinski definition) is 1. The van der Waals surface area contributed by atoms with Crippen molar-refractivity contribution in [3.05, 3.63) is 30.3 Å². The van der Waals surface area contributed by atoms with E-state index in [1.165, 1.54) is 82.6 Å². The van der Waals surface area contributed by atoms with E-state index in [2.05, 4.69) is 44.5 Å². The maximum Gasteiger partial charge on any atom is 0.232 e. The molecule has 9 atom stereocenters. The Labute approximate surface area is 219 Å². The van der Waals surface area contributed by atoms with Crippen LogP contribution < -0.4 is 4.72 Å². The van der Waals surface area contributed by atoms with Crippen LogP contribution in [0.3, 0.4) is 0 Å². The van der Waals surface area contributed by atoms with Gasteiger partial charge in [0, 0.05) is 10.8 Å². The highest BCUT2D eigenvalue weighted by Gasteiger charge is 2.60. The molecule has 0 aliphatic heterocycles. The fourth-order valence-corrected chi connectivity index (χ4v) is 10.6. The average Bonchev–Trinajstić information content (AvgIpc) is 3.21. The van der Waals surface area contributed by atoms with Crippen molar-refractivity contribution < 1.29 is 4.79 Å². The summed E-state index contributed by atoms with van der Waals surface area (Å²) >= 11 is 1.46. The molecular weight excluding hydrogens is 446 g/mol. The van der Waals surface area contributed by atoms with Gasteiger partial charge in [-0.1, -0.05) is 65.2 Å². The Hall–Kier alpha value is -0.960. The Morgan fingerprint density at radius 2 is 1.77 bits per heavy atom. The Balaban J connectivity index is 1.21. The molecule has 4 aliphatic rings. The highest BCUT2D eigenvalue weighted by atomic mass is 32.2. The molecule has 1 amide bonds. The van der Waals surface area contributed by atoms with E-state index >= 15 is 0 Å². The number of rotatable bonds is 7. The van der Waals surface area contributed by atoms with Crippen molar-refractivity contribution in [2.75, 3.05) is 0 Å². The third-order valence-corrected chi connectivity index (χ3v) is 12.7. The summed E-state index contributed by atoms with van der Waals surface area (Å²) in [5.74, 6) is 5.92. The Bertz CT molecular complexity index is 872. The third kappa shape index (κ3) is 4.73. The normalized spacial score (nSPS) is 41.4. The first kappa shape index (κ1) is 25.7. The first-order valence-electron chi connectivity index (χ1n) is 14.9. The predicted molar refractivity (Wildman–Crippen MR) is 148 cm³/mol. The molecule has 1 aromatic rings. The fraction of sp³-hybridized carbons (Fsp3) is 0.781. The number of fused-ring (bicyclic) bond motifs is 5. The van der Waals surface area contributed by atoms with Crippen molar-refractivity contribution in [2.24, 2.45) is 52.3 Å². The van der Waals surface area contributed by atoms with E-state index in [4.69, 9.17) is 0 Å². The topological polar surface area (TPSA) is 29.1 Å². The number of amides is 1. The van der Waals surface area contributed by atoms with Crippen molar-refractivity contribution in [2.45, 2.75) is 110 Å². The summed E-state index contributed by atoms with van der Waals surface area (Å²) in [7, 11) is 0. The van der Waals surface area contributed by atoms with Crippen LogP contribution in [0.1, 0.15) is 105 Å². The second-order valence-corrected chi connectivity index (χ2v) is 14.2. The second-order valence-electron chi connectivity index (χ2n) is 13.3. The molecule has 1 N–H and O–H groups in total. The van der Waals surface area contributed by atoms with Crippen molar-refractivity contribution >= 4 is 17.9 Å². The van der Waals surface area contributed by atoms with Crippen LogP contribution in [-0.4, -0.2) is 5.91 Å². The Kier molecular flexibility index (Phi) is 7.65. The van der Waals surface area contributed by atoms with Gasteiger partial charge in [0.1, 0.15) is 0 Å². The first-order chi connectivity index (χ1) is 16.9. The van der Waals surface area contributed by atoms with E-state index < -0.39 is 0 Å². The van der Waals surface area contributed by atoms with Crippen LogP contribution in [0.15, 0.2) is 35.2 Å². The first-order valence-corrected chi connectivity index (χ1v) is 15.7. The Morgan fingerprint density at radius 3 is 2.54 bits per heavy atom. The summed E-state index contributed by atoms with van der Waals surface area (Å²) in [6.45, 7) is 9.99. The lowest BCUT2D eigenvalue weighted by molar-refractivity contribution is -0.136. The molecule has 3 heteroatoms. The van der Waals surface area contributed by atoms with Gasteiger partial charge in [-0.15, -0.1) is 0 Å². The van der Waals surface area contributed by atoms with Crippen LogP contribution >= 0.6 is 11.9 Å². The average molecular weight is 496 g/mol. The van der Waals surface area contributed by atoms with Crippen LogP contribution in [0.5, 0.6) is 0 Å². The molecule has 4 saturated carbocycles. The number of carbonyl (C=O) groups is 1. The van der Waals surface area contributed by atoms with Gasteiger partial charge in [-0.2, -0.15) is 0 Å². The summed E-state index contributed by atoms with van der Waals surface area (Å²) in [6.07, 6.45) is 16.9. The number of hydrogen-bond acceptors (Lipinski definition) is 2. The summed E-state index contributed by atoms with van der Waals surface area (Å²) in [4.78, 5) is 13.9. The molecule has 4 fully saturated rings. The molecule has 194 valence electrons. The third-order valence-electron chi connectivity index (χ3n) is 11.9. The summed E-state index contributed by atoms with van der Waals surface area (Å²) in [5, 5.41) is 0. The van der Waals surface area contributed by atoms with Crippen LogP contribution in [0.2, 0.25) is 0 Å². The number of benzene rings is 1. The molecule has 0 heterocycles. The van der Waals surface area contributed by atoms with E-state index in [0.29, 0.717) is 10.8 Å². The highest BCUT2D eigenvalue weighted by Crippen LogP contribution is 2.69. The van der Waals surface area contributed by atoms with Crippen molar-refractivity contribution in [1.82, 2.24) is 4.72 Å². The van der Waals surface area contributed by atoms with Gasteiger partial charge in [0.05, 0.1) is 0 Å². The van der Waals surface area contributed by atoms with Crippen LogP contribution in [0.4, 0.5) is 0 Å². The van der Waals surface area contributed by atoms with Gasteiger partial charge in [0.25, 0.3) is 0 Å². The molecule has 0 saturated heterocycles. The highest BCUT2D eigenvalue weighted by molar-refractivity contribution is 7.98. The van der Waals surface area contributed by atoms with Gasteiger partial charge in [0.15, 0.2) is 0 Å². The van der Waals surface area contributed by atoms with E-state index in [1.807, 2.05) is 18.2 Å². The van der Waals surface area contributed by atoms with Gasteiger partial charge in [-0.25, -0.2) is 0 Å². The monoisotopic (exact) mass is 495 g/mol. The van der Waals surface area contributed by atoms with E-state index in [9.17, 15) is 4.79 Å². The van der Waals surface area contributed by atoms with Gasteiger partial charge < -0.3 is 0 Å². The second kappa shape index (κ2) is 10.4. The molecule has 4 aliphatic carbocycles. The molecule has 0 spiro atoms. The lowest BCUT2D eigenvalue weighted by Gasteiger charge is -2.62. The fourth-order valence-electron chi connectivity index (χ4n) is 9.88. The number of nitrogens with one attached hydrogen (secondary N) is 1. The minimum absolute atomic E-state index is 0.0891. The van der Waals surface area contributed by atoms with Crippen molar-refractivity contribution in [1.29, 1.82) is 0 Å². The summed E-state index contributed by atoms with van der Waals surface area (Å²) in [5.41, 5.74) is 1.12. The van der Waals surface area contributed by atoms with E-state index in [-0.39, 0.29) is 11.8 Å². The molecule has 2 nitrogen and oxygen atoms in total. The van der Waals surface area contributed by atoms with Crippen LogP contribution in [0.25, 0.3) is 0 Å². The quantitative estimate of drug-likeness (QED) is 0.383. The van der Waals surface area contributed by atoms with Crippen LogP contribution in [0, 0.1) is 52.3 Å². The van der Waals surface area contributed by atoms with Gasteiger partial charge in [-0.05, 0) is 128 Å². The SMILES string of the molecule is CC[C@H]1CC2C3CCC(CCC(C)C(=O)NSc4ccccc4)C3(C)CCC2C2(C)CCCCC12. The zero-order chi connectivity index (χ0) is 24.6. The summed E-state index contributed by atoms with van der Waals surface area (Å²) < 4.78 is 3.10. The zero-order valence-corrected chi connectivity index (χ0v) is 23.5. The maximum atomic E-state index is 12.8. The molecule has 1 aromatic carbocycles. The van der Waals surface area contributed by atoms with Crippen molar-refractivity contribution in [3.63, 3.8) is 0 Å². The summed E-state index contributed by atoms with van der Waals surface area (Å²) in [6, 6.07) is 10.2. The van der Waals surface area contributed by atoms with E-state index in [1.54, 1.807) is 0 Å². The van der Waals surface area contributed by atoms with Gasteiger partial charge in [-0.3, -0.25) is 9.52 Å². The lowest BCUT2D eigenvalue weighted by atomic mass is 9.42.